The Labute approximate surface area is 92.7 Å². The van der Waals surface area contributed by atoms with Crippen LogP contribution < -0.4 is 5.73 Å². The van der Waals surface area contributed by atoms with Crippen LogP contribution in [0.25, 0.3) is 0 Å². The standard InChI is InChI=1S/C14H21N/c1-11-5-7-12(8-6-11)9-10-14(15)13-3-2-4-13/h5-8,13-14H,2-4,9-10,15H2,1H3. The molecule has 1 atom stereocenters. The quantitative estimate of drug-likeness (QED) is 0.799. The molecule has 1 aliphatic carbocycles. The Kier molecular flexibility index (Phi) is 3.42. The lowest BCUT2D eigenvalue weighted by atomic mass is 9.78. The zero-order valence-corrected chi connectivity index (χ0v) is 9.58. The molecule has 0 heterocycles. The first kappa shape index (κ1) is 10.7. The van der Waals surface area contributed by atoms with Gasteiger partial charge in [0, 0.05) is 6.04 Å². The van der Waals surface area contributed by atoms with Crippen molar-refractivity contribution in [2.45, 2.75) is 45.1 Å². The van der Waals surface area contributed by atoms with Crippen LogP contribution in [-0.2, 0) is 6.42 Å². The Balaban J connectivity index is 1.79. The van der Waals surface area contributed by atoms with E-state index in [1.165, 1.54) is 30.4 Å². The van der Waals surface area contributed by atoms with Crippen molar-refractivity contribution in [1.29, 1.82) is 0 Å². The average Bonchev–Trinajstić information content (AvgIpc) is 2.14. The van der Waals surface area contributed by atoms with E-state index in [0.717, 1.165) is 18.8 Å². The van der Waals surface area contributed by atoms with Crippen LogP contribution in [0, 0.1) is 12.8 Å². The largest absolute Gasteiger partial charge is 0.327 e. The average molecular weight is 203 g/mol. The monoisotopic (exact) mass is 203 g/mol. The van der Waals surface area contributed by atoms with Gasteiger partial charge in [0.25, 0.3) is 0 Å². The van der Waals surface area contributed by atoms with Gasteiger partial charge in [-0.25, -0.2) is 0 Å². The molecule has 2 N–H and O–H groups in total. The van der Waals surface area contributed by atoms with Gasteiger partial charge in [-0.15, -0.1) is 0 Å². The molecule has 1 heteroatoms. The normalized spacial score (nSPS) is 18.5. The summed E-state index contributed by atoms with van der Waals surface area (Å²) in [7, 11) is 0. The van der Waals surface area contributed by atoms with Gasteiger partial charge in [-0.1, -0.05) is 36.2 Å². The molecule has 0 spiro atoms. The zero-order chi connectivity index (χ0) is 10.7. The van der Waals surface area contributed by atoms with Gasteiger partial charge in [0.15, 0.2) is 0 Å². The predicted octanol–water partition coefficient (Wildman–Crippen LogP) is 3.06. The fraction of sp³-hybridized carbons (Fsp3) is 0.571. The van der Waals surface area contributed by atoms with E-state index in [0.29, 0.717) is 6.04 Å². The summed E-state index contributed by atoms with van der Waals surface area (Å²) in [6, 6.07) is 9.25. The molecule has 0 radical (unpaired) electrons. The molecule has 15 heavy (non-hydrogen) atoms. The maximum atomic E-state index is 6.16. The van der Waals surface area contributed by atoms with Crippen molar-refractivity contribution in [3.8, 4) is 0 Å². The number of hydrogen-bond donors (Lipinski definition) is 1. The summed E-state index contributed by atoms with van der Waals surface area (Å²) in [6.07, 6.45) is 6.39. The van der Waals surface area contributed by atoms with Crippen molar-refractivity contribution >= 4 is 0 Å². The van der Waals surface area contributed by atoms with Crippen LogP contribution in [0.2, 0.25) is 0 Å². The van der Waals surface area contributed by atoms with Crippen LogP contribution in [-0.4, -0.2) is 6.04 Å². The van der Waals surface area contributed by atoms with Gasteiger partial charge in [0.05, 0.1) is 0 Å². The van der Waals surface area contributed by atoms with Crippen molar-refractivity contribution in [3.05, 3.63) is 35.4 Å². The van der Waals surface area contributed by atoms with Crippen molar-refractivity contribution < 1.29 is 0 Å². The Bertz CT molecular complexity index is 298. The second-order valence-corrected chi connectivity index (χ2v) is 4.88. The van der Waals surface area contributed by atoms with Crippen LogP contribution in [0.3, 0.4) is 0 Å². The van der Waals surface area contributed by atoms with Gasteiger partial charge < -0.3 is 5.73 Å². The van der Waals surface area contributed by atoms with E-state index >= 15 is 0 Å². The fourth-order valence-electron chi connectivity index (χ4n) is 2.19. The third kappa shape index (κ3) is 2.82. The van der Waals surface area contributed by atoms with Crippen LogP contribution in [0.1, 0.15) is 36.8 Å². The highest BCUT2D eigenvalue weighted by molar-refractivity contribution is 5.21. The molecule has 1 aromatic rings. The zero-order valence-electron chi connectivity index (χ0n) is 9.58. The van der Waals surface area contributed by atoms with Gasteiger partial charge in [0.1, 0.15) is 0 Å². The molecule has 2 rings (SSSR count). The Morgan fingerprint density at radius 1 is 1.27 bits per heavy atom. The predicted molar refractivity (Wildman–Crippen MR) is 64.8 cm³/mol. The van der Waals surface area contributed by atoms with Crippen molar-refractivity contribution in [2.75, 3.05) is 0 Å². The van der Waals surface area contributed by atoms with E-state index in [1.807, 2.05) is 0 Å². The molecule has 1 unspecified atom stereocenters. The third-order valence-electron chi connectivity index (χ3n) is 3.64. The van der Waals surface area contributed by atoms with Crippen LogP contribution in [0.4, 0.5) is 0 Å². The molecule has 1 nitrogen and oxygen atoms in total. The Morgan fingerprint density at radius 3 is 2.47 bits per heavy atom. The van der Waals surface area contributed by atoms with E-state index in [1.54, 1.807) is 0 Å². The summed E-state index contributed by atoms with van der Waals surface area (Å²) >= 11 is 0. The van der Waals surface area contributed by atoms with E-state index < -0.39 is 0 Å². The molecule has 0 aliphatic heterocycles. The first-order valence-electron chi connectivity index (χ1n) is 6.07. The lowest BCUT2D eigenvalue weighted by Crippen LogP contribution is -2.34. The second kappa shape index (κ2) is 4.80. The summed E-state index contributed by atoms with van der Waals surface area (Å²) < 4.78 is 0. The summed E-state index contributed by atoms with van der Waals surface area (Å²) in [5, 5.41) is 0. The summed E-state index contributed by atoms with van der Waals surface area (Å²) in [5.74, 6) is 0.815. The van der Waals surface area contributed by atoms with Crippen LogP contribution >= 0.6 is 0 Å². The SMILES string of the molecule is Cc1ccc(CCC(N)C2CCC2)cc1. The minimum absolute atomic E-state index is 0.431. The fourth-order valence-corrected chi connectivity index (χ4v) is 2.19. The molecule has 1 aromatic carbocycles. The van der Waals surface area contributed by atoms with Crippen molar-refractivity contribution in [1.82, 2.24) is 0 Å². The molecule has 1 fully saturated rings. The first-order chi connectivity index (χ1) is 7.25. The Morgan fingerprint density at radius 2 is 1.93 bits per heavy atom. The van der Waals surface area contributed by atoms with Gasteiger partial charge in [-0.2, -0.15) is 0 Å². The van der Waals surface area contributed by atoms with E-state index in [9.17, 15) is 0 Å². The molecular formula is C14H21N. The number of benzene rings is 1. The van der Waals surface area contributed by atoms with Gasteiger partial charge >= 0.3 is 0 Å². The van der Waals surface area contributed by atoms with E-state index in [4.69, 9.17) is 5.73 Å². The lowest BCUT2D eigenvalue weighted by Gasteiger charge is -2.31. The second-order valence-electron chi connectivity index (χ2n) is 4.88. The van der Waals surface area contributed by atoms with Gasteiger partial charge in [-0.3, -0.25) is 0 Å². The molecule has 82 valence electrons. The lowest BCUT2D eigenvalue weighted by molar-refractivity contribution is 0.253. The van der Waals surface area contributed by atoms with Crippen molar-refractivity contribution in [2.24, 2.45) is 11.7 Å². The summed E-state index contributed by atoms with van der Waals surface area (Å²) in [6.45, 7) is 2.13. The van der Waals surface area contributed by atoms with E-state index in [2.05, 4.69) is 31.2 Å². The molecule has 0 saturated heterocycles. The highest BCUT2D eigenvalue weighted by Gasteiger charge is 2.23. The minimum Gasteiger partial charge on any atom is -0.327 e. The highest BCUT2D eigenvalue weighted by Crippen LogP contribution is 2.30. The van der Waals surface area contributed by atoms with Crippen LogP contribution in [0.5, 0.6) is 0 Å². The molecule has 0 bridgehead atoms. The van der Waals surface area contributed by atoms with Gasteiger partial charge in [-0.05, 0) is 44.1 Å². The number of nitrogens with two attached hydrogens (primary N) is 1. The number of rotatable bonds is 4. The van der Waals surface area contributed by atoms with Gasteiger partial charge in [0.2, 0.25) is 0 Å². The molecule has 1 aliphatic rings. The molecule has 1 saturated carbocycles. The molecule has 0 amide bonds. The summed E-state index contributed by atoms with van der Waals surface area (Å²) in [5.41, 5.74) is 8.92. The van der Waals surface area contributed by atoms with Crippen LogP contribution in [0.15, 0.2) is 24.3 Å². The van der Waals surface area contributed by atoms with Crippen molar-refractivity contribution in [3.63, 3.8) is 0 Å². The maximum Gasteiger partial charge on any atom is 0.00703 e. The first-order valence-corrected chi connectivity index (χ1v) is 6.07. The molecule has 0 aromatic heterocycles. The summed E-state index contributed by atoms with van der Waals surface area (Å²) in [4.78, 5) is 0. The number of aryl methyl sites for hydroxylation is 2. The van der Waals surface area contributed by atoms with E-state index in [-0.39, 0.29) is 0 Å². The topological polar surface area (TPSA) is 26.0 Å². The third-order valence-corrected chi connectivity index (χ3v) is 3.64. The maximum absolute atomic E-state index is 6.16. The number of hydrogen-bond acceptors (Lipinski definition) is 1. The Hall–Kier alpha value is -0.820. The molecular weight excluding hydrogens is 182 g/mol. The highest BCUT2D eigenvalue weighted by atomic mass is 14.7. The minimum atomic E-state index is 0.431. The smallest absolute Gasteiger partial charge is 0.00703 e.